The molecule has 2 aliphatic heterocycles. The van der Waals surface area contributed by atoms with Crippen LogP contribution in [-0.2, 0) is 14.3 Å². The normalized spacial score (nSPS) is 46.4. The van der Waals surface area contributed by atoms with Gasteiger partial charge in [0, 0.05) is 6.92 Å². The fourth-order valence-electron chi connectivity index (χ4n) is 1.79. The first-order chi connectivity index (χ1) is 6.59. The lowest BCUT2D eigenvalue weighted by Gasteiger charge is -2.35. The van der Waals surface area contributed by atoms with Gasteiger partial charge in [-0.2, -0.15) is 0 Å². The zero-order chi connectivity index (χ0) is 10.3. The van der Waals surface area contributed by atoms with Gasteiger partial charge in [0.25, 0.3) is 0 Å². The standard InChI is InChI=1S/C8H13NO5/c1-3(10)9-5-7(12)6(11)4-2-13-8(5)14-4/h4-8,11-12H,2H2,1H3,(H,9,10)/t4-,5-,6+,7-,8-/m1/s1. The molecule has 14 heavy (non-hydrogen) atoms. The molecule has 0 aromatic carbocycles. The molecule has 0 aromatic rings. The van der Waals surface area contributed by atoms with Crippen molar-refractivity contribution in [3.63, 3.8) is 0 Å². The quantitative estimate of drug-likeness (QED) is 0.457. The van der Waals surface area contributed by atoms with E-state index in [2.05, 4.69) is 5.32 Å². The van der Waals surface area contributed by atoms with E-state index in [4.69, 9.17) is 9.47 Å². The Morgan fingerprint density at radius 2 is 2.14 bits per heavy atom. The summed E-state index contributed by atoms with van der Waals surface area (Å²) in [6, 6.07) is -0.693. The minimum atomic E-state index is -1.04. The molecule has 6 heteroatoms. The highest BCUT2D eigenvalue weighted by atomic mass is 16.7. The van der Waals surface area contributed by atoms with Crippen LogP contribution in [0.5, 0.6) is 0 Å². The van der Waals surface area contributed by atoms with Gasteiger partial charge in [0.1, 0.15) is 24.4 Å². The van der Waals surface area contributed by atoms with E-state index >= 15 is 0 Å². The molecule has 0 saturated carbocycles. The maximum atomic E-state index is 10.8. The van der Waals surface area contributed by atoms with E-state index in [9.17, 15) is 15.0 Å². The molecule has 5 atom stereocenters. The van der Waals surface area contributed by atoms with E-state index in [1.54, 1.807) is 0 Å². The van der Waals surface area contributed by atoms with Crippen molar-refractivity contribution in [3.8, 4) is 0 Å². The zero-order valence-electron chi connectivity index (χ0n) is 7.71. The van der Waals surface area contributed by atoms with E-state index < -0.39 is 30.6 Å². The van der Waals surface area contributed by atoms with Crippen molar-refractivity contribution in [1.29, 1.82) is 0 Å². The molecule has 0 spiro atoms. The Labute approximate surface area is 80.8 Å². The molecule has 80 valence electrons. The number of aliphatic hydroxyl groups excluding tert-OH is 2. The Hall–Kier alpha value is -0.690. The second kappa shape index (κ2) is 3.47. The summed E-state index contributed by atoms with van der Waals surface area (Å²) >= 11 is 0. The number of ether oxygens (including phenoxy) is 2. The lowest BCUT2D eigenvalue weighted by Crippen LogP contribution is -2.60. The Morgan fingerprint density at radius 1 is 1.43 bits per heavy atom. The van der Waals surface area contributed by atoms with E-state index in [0.29, 0.717) is 0 Å². The molecule has 0 unspecified atom stereocenters. The van der Waals surface area contributed by atoms with Crippen LogP contribution >= 0.6 is 0 Å². The molecular weight excluding hydrogens is 190 g/mol. The van der Waals surface area contributed by atoms with Crippen LogP contribution in [0.2, 0.25) is 0 Å². The fraction of sp³-hybridized carbons (Fsp3) is 0.875. The molecule has 2 rings (SSSR count). The molecule has 0 radical (unpaired) electrons. The number of amides is 1. The minimum absolute atomic E-state index is 0.249. The van der Waals surface area contributed by atoms with E-state index in [1.165, 1.54) is 6.92 Å². The van der Waals surface area contributed by atoms with Gasteiger partial charge in [0.2, 0.25) is 5.91 Å². The average Bonchev–Trinajstić information content (AvgIpc) is 2.55. The largest absolute Gasteiger partial charge is 0.388 e. The third-order valence-electron chi connectivity index (χ3n) is 2.50. The number of fused-ring (bicyclic) bond motifs is 2. The summed E-state index contributed by atoms with van der Waals surface area (Å²) in [5, 5.41) is 21.7. The fourth-order valence-corrected chi connectivity index (χ4v) is 1.79. The van der Waals surface area contributed by atoms with Crippen molar-refractivity contribution in [2.24, 2.45) is 0 Å². The van der Waals surface area contributed by atoms with Gasteiger partial charge in [-0.05, 0) is 0 Å². The molecule has 0 aromatic heterocycles. The van der Waals surface area contributed by atoms with Crippen molar-refractivity contribution in [2.75, 3.05) is 6.61 Å². The Morgan fingerprint density at radius 3 is 2.79 bits per heavy atom. The van der Waals surface area contributed by atoms with Crippen LogP contribution in [0.25, 0.3) is 0 Å². The maximum Gasteiger partial charge on any atom is 0.217 e. The summed E-state index contributed by atoms with van der Waals surface area (Å²) in [6.07, 6.45) is -3.18. The van der Waals surface area contributed by atoms with Gasteiger partial charge in [0.05, 0.1) is 6.61 Å². The number of carbonyl (C=O) groups excluding carboxylic acids is 1. The highest BCUT2D eigenvalue weighted by Gasteiger charge is 2.49. The lowest BCUT2D eigenvalue weighted by molar-refractivity contribution is -0.186. The van der Waals surface area contributed by atoms with Crippen molar-refractivity contribution in [1.82, 2.24) is 5.32 Å². The second-order valence-electron chi connectivity index (χ2n) is 3.58. The first-order valence-electron chi connectivity index (χ1n) is 4.50. The molecule has 1 amide bonds. The number of aliphatic hydroxyl groups is 2. The molecule has 0 aliphatic carbocycles. The SMILES string of the molecule is CC(=O)N[C@H]1[C@@H]2OC[C@@H](O2)[C@H](O)[C@@H]1O. The molecule has 2 heterocycles. The Balaban J connectivity index is 2.10. The van der Waals surface area contributed by atoms with E-state index in [0.717, 1.165) is 0 Å². The van der Waals surface area contributed by atoms with Gasteiger partial charge in [-0.3, -0.25) is 4.79 Å². The summed E-state index contributed by atoms with van der Waals surface area (Å²) < 4.78 is 10.4. The monoisotopic (exact) mass is 203 g/mol. The zero-order valence-corrected chi connectivity index (χ0v) is 7.71. The highest BCUT2D eigenvalue weighted by molar-refractivity contribution is 5.73. The first-order valence-corrected chi connectivity index (χ1v) is 4.50. The molecular formula is C8H13NO5. The van der Waals surface area contributed by atoms with Gasteiger partial charge < -0.3 is 25.0 Å². The summed E-state index contributed by atoms with van der Waals surface area (Å²) in [4.78, 5) is 10.8. The van der Waals surface area contributed by atoms with Gasteiger partial charge in [-0.1, -0.05) is 0 Å². The van der Waals surface area contributed by atoms with Crippen LogP contribution in [0.3, 0.4) is 0 Å². The summed E-state index contributed by atoms with van der Waals surface area (Å²) in [5.74, 6) is -0.293. The second-order valence-corrected chi connectivity index (χ2v) is 3.58. The van der Waals surface area contributed by atoms with Crippen molar-refractivity contribution in [3.05, 3.63) is 0 Å². The number of carbonyl (C=O) groups is 1. The van der Waals surface area contributed by atoms with Crippen molar-refractivity contribution in [2.45, 2.75) is 37.6 Å². The summed E-state index contributed by atoms with van der Waals surface area (Å²) in [6.45, 7) is 1.58. The highest BCUT2D eigenvalue weighted by Crippen LogP contribution is 2.27. The molecule has 3 N–H and O–H groups in total. The van der Waals surface area contributed by atoms with Crippen molar-refractivity contribution >= 4 is 5.91 Å². The van der Waals surface area contributed by atoms with Crippen LogP contribution in [0.15, 0.2) is 0 Å². The average molecular weight is 203 g/mol. The number of nitrogens with one attached hydrogen (secondary N) is 1. The van der Waals surface area contributed by atoms with Crippen LogP contribution in [0.1, 0.15) is 6.92 Å². The molecule has 2 bridgehead atoms. The smallest absolute Gasteiger partial charge is 0.217 e. The van der Waals surface area contributed by atoms with Crippen LogP contribution < -0.4 is 5.32 Å². The summed E-state index contributed by atoms with van der Waals surface area (Å²) in [7, 11) is 0. The predicted molar refractivity (Wildman–Crippen MR) is 44.2 cm³/mol. The predicted octanol–water partition coefficient (Wildman–Crippen LogP) is -2.03. The molecule has 2 saturated heterocycles. The van der Waals surface area contributed by atoms with Gasteiger partial charge in [0.15, 0.2) is 6.29 Å². The van der Waals surface area contributed by atoms with Crippen LogP contribution in [-0.4, -0.2) is 53.4 Å². The van der Waals surface area contributed by atoms with E-state index in [1.807, 2.05) is 0 Å². The topological polar surface area (TPSA) is 88.0 Å². The first kappa shape index (κ1) is 9.85. The third kappa shape index (κ3) is 1.50. The minimum Gasteiger partial charge on any atom is -0.388 e. The van der Waals surface area contributed by atoms with Gasteiger partial charge >= 0.3 is 0 Å². The third-order valence-corrected chi connectivity index (χ3v) is 2.50. The molecule has 6 nitrogen and oxygen atoms in total. The number of rotatable bonds is 1. The lowest BCUT2D eigenvalue weighted by atomic mass is 9.99. The maximum absolute atomic E-state index is 10.8. The van der Waals surface area contributed by atoms with Crippen LogP contribution in [0, 0.1) is 0 Å². The molecule has 2 aliphatic rings. The summed E-state index contributed by atoms with van der Waals surface area (Å²) in [5.41, 5.74) is 0. The van der Waals surface area contributed by atoms with Crippen LogP contribution in [0.4, 0.5) is 0 Å². The van der Waals surface area contributed by atoms with Crippen molar-refractivity contribution < 1.29 is 24.5 Å². The Bertz CT molecular complexity index is 246. The molecule has 2 fully saturated rings. The van der Waals surface area contributed by atoms with E-state index in [-0.39, 0.29) is 12.5 Å². The number of hydrogen-bond acceptors (Lipinski definition) is 5. The van der Waals surface area contributed by atoms with Gasteiger partial charge in [-0.25, -0.2) is 0 Å². The number of hydrogen-bond donors (Lipinski definition) is 3. The van der Waals surface area contributed by atoms with Gasteiger partial charge in [-0.15, -0.1) is 0 Å². The Kier molecular flexibility index (Phi) is 2.44.